The van der Waals surface area contributed by atoms with Crippen LogP contribution in [0.4, 0.5) is 0 Å². The molecule has 5 nitrogen and oxygen atoms in total. The number of carbonyl (C=O) groups excluding carboxylic acids is 1. The SMILES string of the molecule is CO[C@@H]1O[C@H](COC(=O)c2ccccc2)[C@H]2O[C@@H]12. The Morgan fingerprint density at radius 2 is 2.00 bits per heavy atom. The Hall–Kier alpha value is -1.43. The van der Waals surface area contributed by atoms with E-state index in [1.54, 1.807) is 31.4 Å². The van der Waals surface area contributed by atoms with Gasteiger partial charge in [-0.1, -0.05) is 18.2 Å². The Morgan fingerprint density at radius 1 is 1.22 bits per heavy atom. The summed E-state index contributed by atoms with van der Waals surface area (Å²) >= 11 is 0. The van der Waals surface area contributed by atoms with Gasteiger partial charge in [0.2, 0.25) is 0 Å². The molecule has 2 heterocycles. The van der Waals surface area contributed by atoms with E-state index in [4.69, 9.17) is 18.9 Å². The van der Waals surface area contributed by atoms with Gasteiger partial charge in [0.05, 0.1) is 5.56 Å². The minimum atomic E-state index is -0.350. The maximum absolute atomic E-state index is 11.7. The van der Waals surface area contributed by atoms with Gasteiger partial charge < -0.3 is 18.9 Å². The predicted molar refractivity (Wildman–Crippen MR) is 61.1 cm³/mol. The Labute approximate surface area is 105 Å². The topological polar surface area (TPSA) is 57.3 Å². The molecule has 2 aliphatic heterocycles. The standard InChI is InChI=1S/C13H14O5/c1-15-13-11-10(18-11)9(17-13)7-16-12(14)8-5-3-2-4-6-8/h2-6,9-11,13H,7H2,1H3/t9-,10-,11-,13-/m1/s1. The molecule has 2 saturated heterocycles. The molecule has 2 fully saturated rings. The quantitative estimate of drug-likeness (QED) is 0.589. The van der Waals surface area contributed by atoms with Gasteiger partial charge in [-0.25, -0.2) is 4.79 Å². The van der Waals surface area contributed by atoms with E-state index in [1.807, 2.05) is 6.07 Å². The molecule has 0 radical (unpaired) electrons. The summed E-state index contributed by atoms with van der Waals surface area (Å²) in [6.07, 6.45) is -0.572. The van der Waals surface area contributed by atoms with Crippen LogP contribution in [0, 0.1) is 0 Å². The minimum Gasteiger partial charge on any atom is -0.459 e. The lowest BCUT2D eigenvalue weighted by atomic mass is 10.2. The lowest BCUT2D eigenvalue weighted by molar-refractivity contribution is -0.166. The van der Waals surface area contributed by atoms with Crippen molar-refractivity contribution in [3.8, 4) is 0 Å². The van der Waals surface area contributed by atoms with Crippen LogP contribution >= 0.6 is 0 Å². The molecule has 0 aliphatic carbocycles. The largest absolute Gasteiger partial charge is 0.459 e. The molecule has 1 aromatic carbocycles. The van der Waals surface area contributed by atoms with Crippen LogP contribution in [0.3, 0.4) is 0 Å². The molecule has 0 N–H and O–H groups in total. The Morgan fingerprint density at radius 3 is 2.67 bits per heavy atom. The molecular formula is C13H14O5. The molecule has 3 rings (SSSR count). The lowest BCUT2D eigenvalue weighted by Gasteiger charge is -2.16. The van der Waals surface area contributed by atoms with Gasteiger partial charge in [0, 0.05) is 7.11 Å². The van der Waals surface area contributed by atoms with Crippen molar-refractivity contribution in [2.45, 2.75) is 24.6 Å². The second-order valence-electron chi connectivity index (χ2n) is 4.31. The van der Waals surface area contributed by atoms with Crippen LogP contribution in [0.1, 0.15) is 10.4 Å². The fourth-order valence-corrected chi connectivity index (χ4v) is 2.12. The summed E-state index contributed by atoms with van der Waals surface area (Å²) in [4.78, 5) is 11.7. The van der Waals surface area contributed by atoms with Gasteiger partial charge in [0.15, 0.2) is 6.29 Å². The van der Waals surface area contributed by atoms with Crippen LogP contribution in [0.15, 0.2) is 30.3 Å². The summed E-state index contributed by atoms with van der Waals surface area (Å²) in [5, 5.41) is 0. The number of benzene rings is 1. The summed E-state index contributed by atoms with van der Waals surface area (Å²) in [6.45, 7) is 0.189. The molecule has 18 heavy (non-hydrogen) atoms. The van der Waals surface area contributed by atoms with E-state index >= 15 is 0 Å². The van der Waals surface area contributed by atoms with Crippen molar-refractivity contribution in [3.63, 3.8) is 0 Å². The van der Waals surface area contributed by atoms with E-state index in [0.29, 0.717) is 5.56 Å². The first kappa shape index (κ1) is 11.6. The van der Waals surface area contributed by atoms with Crippen LogP contribution in [0.5, 0.6) is 0 Å². The highest BCUT2D eigenvalue weighted by atomic mass is 16.8. The molecule has 96 valence electrons. The van der Waals surface area contributed by atoms with Crippen LogP contribution in [-0.2, 0) is 18.9 Å². The molecule has 0 bridgehead atoms. The summed E-state index contributed by atoms with van der Waals surface area (Å²) in [5.74, 6) is -0.350. The number of epoxide rings is 1. The molecule has 4 atom stereocenters. The van der Waals surface area contributed by atoms with Gasteiger partial charge in [0.25, 0.3) is 0 Å². The van der Waals surface area contributed by atoms with Crippen molar-refractivity contribution in [1.82, 2.24) is 0 Å². The van der Waals surface area contributed by atoms with Crippen molar-refractivity contribution >= 4 is 5.97 Å². The number of hydrogen-bond donors (Lipinski definition) is 0. The third kappa shape index (κ3) is 2.12. The first-order valence-corrected chi connectivity index (χ1v) is 5.85. The van der Waals surface area contributed by atoms with Gasteiger partial charge in [-0.15, -0.1) is 0 Å². The maximum atomic E-state index is 11.7. The second kappa shape index (κ2) is 4.68. The van der Waals surface area contributed by atoms with Gasteiger partial charge in [0.1, 0.15) is 24.9 Å². The highest BCUT2D eigenvalue weighted by Crippen LogP contribution is 2.39. The summed E-state index contributed by atoms with van der Waals surface area (Å²) in [7, 11) is 1.57. The zero-order chi connectivity index (χ0) is 12.5. The van der Waals surface area contributed by atoms with Crippen molar-refractivity contribution in [2.24, 2.45) is 0 Å². The molecule has 0 saturated carbocycles. The predicted octanol–water partition coefficient (Wildman–Crippen LogP) is 0.982. The highest BCUT2D eigenvalue weighted by Gasteiger charge is 2.58. The van der Waals surface area contributed by atoms with Gasteiger partial charge in [-0.2, -0.15) is 0 Å². The van der Waals surface area contributed by atoms with Crippen LogP contribution in [0.25, 0.3) is 0 Å². The first-order chi connectivity index (χ1) is 8.79. The van der Waals surface area contributed by atoms with E-state index in [2.05, 4.69) is 0 Å². The molecule has 0 amide bonds. The summed E-state index contributed by atoms with van der Waals surface area (Å²) < 4.78 is 21.2. The fraction of sp³-hybridized carbons (Fsp3) is 0.462. The molecular weight excluding hydrogens is 236 g/mol. The van der Waals surface area contributed by atoms with Crippen molar-refractivity contribution in [2.75, 3.05) is 13.7 Å². The third-order valence-electron chi connectivity index (χ3n) is 3.13. The number of carbonyl (C=O) groups is 1. The molecule has 0 spiro atoms. The summed E-state index contributed by atoms with van der Waals surface area (Å²) in [5.41, 5.74) is 0.534. The van der Waals surface area contributed by atoms with Crippen molar-refractivity contribution in [3.05, 3.63) is 35.9 Å². The third-order valence-corrected chi connectivity index (χ3v) is 3.13. The van der Waals surface area contributed by atoms with Gasteiger partial charge in [-0.3, -0.25) is 0 Å². The summed E-state index contributed by atoms with van der Waals surface area (Å²) in [6, 6.07) is 8.87. The number of rotatable bonds is 4. The van der Waals surface area contributed by atoms with Crippen LogP contribution in [0.2, 0.25) is 0 Å². The van der Waals surface area contributed by atoms with E-state index in [-0.39, 0.29) is 37.2 Å². The zero-order valence-electron chi connectivity index (χ0n) is 9.94. The van der Waals surface area contributed by atoms with E-state index in [9.17, 15) is 4.79 Å². The number of esters is 1. The highest BCUT2D eigenvalue weighted by molar-refractivity contribution is 5.89. The number of fused-ring (bicyclic) bond motifs is 1. The lowest BCUT2D eigenvalue weighted by Crippen LogP contribution is -2.26. The Kier molecular flexibility index (Phi) is 3.03. The normalized spacial score (nSPS) is 32.9. The van der Waals surface area contributed by atoms with E-state index in [1.165, 1.54) is 0 Å². The van der Waals surface area contributed by atoms with Crippen LogP contribution in [-0.4, -0.2) is 44.3 Å². The number of ether oxygens (including phenoxy) is 4. The number of methoxy groups -OCH3 is 1. The molecule has 0 aromatic heterocycles. The molecule has 0 unspecified atom stereocenters. The Bertz CT molecular complexity index is 432. The minimum absolute atomic E-state index is 0.00137. The van der Waals surface area contributed by atoms with E-state index < -0.39 is 0 Å². The smallest absolute Gasteiger partial charge is 0.338 e. The first-order valence-electron chi connectivity index (χ1n) is 5.85. The number of hydrogen-bond acceptors (Lipinski definition) is 5. The monoisotopic (exact) mass is 250 g/mol. The molecule has 5 heteroatoms. The van der Waals surface area contributed by atoms with E-state index in [0.717, 1.165) is 0 Å². The fourth-order valence-electron chi connectivity index (χ4n) is 2.12. The molecule has 1 aromatic rings. The van der Waals surface area contributed by atoms with Crippen molar-refractivity contribution in [1.29, 1.82) is 0 Å². The second-order valence-corrected chi connectivity index (χ2v) is 4.31. The van der Waals surface area contributed by atoms with Crippen molar-refractivity contribution < 1.29 is 23.7 Å². The van der Waals surface area contributed by atoms with Gasteiger partial charge >= 0.3 is 5.97 Å². The Balaban J connectivity index is 1.52. The maximum Gasteiger partial charge on any atom is 0.338 e. The molecule has 2 aliphatic rings. The zero-order valence-corrected chi connectivity index (χ0v) is 9.94. The average molecular weight is 250 g/mol. The van der Waals surface area contributed by atoms with Crippen LogP contribution < -0.4 is 0 Å². The van der Waals surface area contributed by atoms with Gasteiger partial charge in [-0.05, 0) is 12.1 Å². The average Bonchev–Trinajstić information content (AvgIpc) is 3.14.